The van der Waals surface area contributed by atoms with Crippen LogP contribution in [0.2, 0.25) is 0 Å². The number of carbonyl (C=O) groups is 1. The van der Waals surface area contributed by atoms with Crippen molar-refractivity contribution in [3.05, 3.63) is 34.9 Å². The van der Waals surface area contributed by atoms with E-state index in [2.05, 4.69) is 4.74 Å². The van der Waals surface area contributed by atoms with E-state index in [1.165, 1.54) is 7.11 Å². The first-order valence-corrected chi connectivity index (χ1v) is 4.76. The van der Waals surface area contributed by atoms with Crippen molar-refractivity contribution in [3.63, 3.8) is 0 Å². The van der Waals surface area contributed by atoms with E-state index < -0.39 is 0 Å². The summed E-state index contributed by atoms with van der Waals surface area (Å²) in [5.41, 5.74) is 3.39. The summed E-state index contributed by atoms with van der Waals surface area (Å²) in [5.74, 6) is -0.238. The van der Waals surface area contributed by atoms with Crippen LogP contribution < -0.4 is 0 Å². The zero-order chi connectivity index (χ0) is 11.4. The first kappa shape index (κ1) is 11.4. The highest BCUT2D eigenvalue weighted by molar-refractivity contribution is 5.96. The molecule has 1 N–H and O–H groups in total. The highest BCUT2D eigenvalue weighted by Gasteiger charge is 2.06. The lowest BCUT2D eigenvalue weighted by Crippen LogP contribution is -2.06. The summed E-state index contributed by atoms with van der Waals surface area (Å²) in [5, 5.41) is 7.49. The highest BCUT2D eigenvalue weighted by Crippen LogP contribution is 2.12. The Bertz CT molecular complexity index is 397. The molecule has 0 amide bonds. The molecule has 0 saturated carbocycles. The lowest BCUT2D eigenvalue weighted by Gasteiger charge is -2.06. The molecular weight excluding hydrogens is 190 g/mol. The van der Waals surface area contributed by atoms with Gasteiger partial charge in [-0.25, -0.2) is 0 Å². The van der Waals surface area contributed by atoms with Crippen molar-refractivity contribution in [2.75, 3.05) is 7.11 Å². The highest BCUT2D eigenvalue weighted by atomic mass is 16.5. The van der Waals surface area contributed by atoms with Gasteiger partial charge in [0.05, 0.1) is 13.5 Å². The Hall–Kier alpha value is -1.64. The summed E-state index contributed by atoms with van der Waals surface area (Å²) in [6.45, 7) is 3.68. The van der Waals surface area contributed by atoms with Gasteiger partial charge in [0.15, 0.2) is 0 Å². The zero-order valence-electron chi connectivity index (χ0n) is 9.26. The summed E-state index contributed by atoms with van der Waals surface area (Å²) in [6.07, 6.45) is 0.291. The second-order valence-electron chi connectivity index (χ2n) is 3.52. The van der Waals surface area contributed by atoms with E-state index in [4.69, 9.17) is 5.41 Å². The Morgan fingerprint density at radius 1 is 1.47 bits per heavy atom. The van der Waals surface area contributed by atoms with Gasteiger partial charge in [0, 0.05) is 5.71 Å². The van der Waals surface area contributed by atoms with Gasteiger partial charge in [-0.2, -0.15) is 0 Å². The predicted molar refractivity (Wildman–Crippen MR) is 59.4 cm³/mol. The Morgan fingerprint density at radius 3 is 2.60 bits per heavy atom. The normalized spacial score (nSPS) is 9.80. The number of rotatable bonds is 3. The predicted octanol–water partition coefficient (Wildman–Crippen LogP) is 2.10. The first-order valence-electron chi connectivity index (χ1n) is 4.76. The molecule has 0 aliphatic carbocycles. The molecule has 15 heavy (non-hydrogen) atoms. The Morgan fingerprint density at radius 2 is 2.13 bits per heavy atom. The monoisotopic (exact) mass is 205 g/mol. The molecule has 0 spiro atoms. The average molecular weight is 205 g/mol. The van der Waals surface area contributed by atoms with Gasteiger partial charge in [-0.3, -0.25) is 4.79 Å². The number of hydrogen-bond acceptors (Lipinski definition) is 3. The standard InChI is InChI=1S/C12H15NO2/c1-8-6-11(9(2)13)5-4-10(8)7-12(14)15-3/h4-6,13H,7H2,1-3H3. The Labute approximate surface area is 89.6 Å². The average Bonchev–Trinajstić information content (AvgIpc) is 2.20. The molecule has 3 nitrogen and oxygen atoms in total. The van der Waals surface area contributed by atoms with Gasteiger partial charge in [-0.05, 0) is 36.6 Å². The number of hydrogen-bond donors (Lipinski definition) is 1. The molecule has 0 aromatic heterocycles. The van der Waals surface area contributed by atoms with Crippen LogP contribution in [-0.2, 0) is 16.0 Å². The molecule has 80 valence electrons. The number of ether oxygens (including phenoxy) is 1. The third kappa shape index (κ3) is 2.91. The summed E-state index contributed by atoms with van der Waals surface area (Å²) < 4.78 is 4.61. The van der Waals surface area contributed by atoms with Crippen molar-refractivity contribution in [1.82, 2.24) is 0 Å². The number of methoxy groups -OCH3 is 1. The van der Waals surface area contributed by atoms with Crippen molar-refractivity contribution < 1.29 is 9.53 Å². The molecule has 0 radical (unpaired) electrons. The van der Waals surface area contributed by atoms with E-state index in [1.54, 1.807) is 6.92 Å². The van der Waals surface area contributed by atoms with Gasteiger partial charge in [0.1, 0.15) is 0 Å². The third-order valence-electron chi connectivity index (χ3n) is 2.34. The van der Waals surface area contributed by atoms with Gasteiger partial charge in [0.2, 0.25) is 0 Å². The molecule has 0 bridgehead atoms. The van der Waals surface area contributed by atoms with Crippen LogP contribution in [0.3, 0.4) is 0 Å². The topological polar surface area (TPSA) is 50.2 Å². The fraction of sp³-hybridized carbons (Fsp3) is 0.333. The lowest BCUT2D eigenvalue weighted by molar-refractivity contribution is -0.139. The number of benzene rings is 1. The van der Waals surface area contributed by atoms with Gasteiger partial charge in [-0.1, -0.05) is 12.1 Å². The van der Waals surface area contributed by atoms with Crippen LogP contribution >= 0.6 is 0 Å². The molecule has 0 heterocycles. The minimum Gasteiger partial charge on any atom is -0.469 e. The van der Waals surface area contributed by atoms with Gasteiger partial charge >= 0.3 is 5.97 Å². The van der Waals surface area contributed by atoms with Crippen LogP contribution in [0, 0.1) is 12.3 Å². The van der Waals surface area contributed by atoms with E-state index in [0.717, 1.165) is 16.7 Å². The summed E-state index contributed by atoms with van der Waals surface area (Å²) in [4.78, 5) is 11.1. The number of nitrogens with one attached hydrogen (secondary N) is 1. The van der Waals surface area contributed by atoms with Crippen LogP contribution in [0.25, 0.3) is 0 Å². The van der Waals surface area contributed by atoms with Gasteiger partial charge in [-0.15, -0.1) is 0 Å². The maximum absolute atomic E-state index is 11.1. The molecule has 0 unspecified atom stereocenters. The molecule has 0 atom stereocenters. The van der Waals surface area contributed by atoms with E-state index in [9.17, 15) is 4.79 Å². The van der Waals surface area contributed by atoms with Crippen molar-refractivity contribution in [3.8, 4) is 0 Å². The maximum Gasteiger partial charge on any atom is 0.309 e. The van der Waals surface area contributed by atoms with Gasteiger partial charge in [0.25, 0.3) is 0 Å². The second kappa shape index (κ2) is 4.73. The Kier molecular flexibility index (Phi) is 3.61. The van der Waals surface area contributed by atoms with Crippen molar-refractivity contribution in [2.45, 2.75) is 20.3 Å². The largest absolute Gasteiger partial charge is 0.469 e. The molecule has 1 rings (SSSR count). The van der Waals surface area contributed by atoms with Crippen LogP contribution in [0.1, 0.15) is 23.6 Å². The Balaban J connectivity index is 2.93. The maximum atomic E-state index is 11.1. The molecule has 0 saturated heterocycles. The minimum absolute atomic E-state index is 0.238. The molecule has 0 fully saturated rings. The molecule has 3 heteroatoms. The third-order valence-corrected chi connectivity index (χ3v) is 2.34. The van der Waals surface area contributed by atoms with Crippen LogP contribution in [0.4, 0.5) is 0 Å². The van der Waals surface area contributed by atoms with E-state index in [-0.39, 0.29) is 5.97 Å². The lowest BCUT2D eigenvalue weighted by atomic mass is 10.0. The quantitative estimate of drug-likeness (QED) is 0.606. The van der Waals surface area contributed by atoms with Crippen molar-refractivity contribution >= 4 is 11.7 Å². The van der Waals surface area contributed by atoms with Crippen LogP contribution in [0.5, 0.6) is 0 Å². The minimum atomic E-state index is -0.238. The smallest absolute Gasteiger partial charge is 0.309 e. The molecular formula is C12H15NO2. The molecule has 1 aromatic carbocycles. The fourth-order valence-corrected chi connectivity index (χ4v) is 1.36. The first-order chi connectivity index (χ1) is 7.04. The molecule has 0 aliphatic rings. The summed E-state index contributed by atoms with van der Waals surface area (Å²) in [6, 6.07) is 5.65. The van der Waals surface area contributed by atoms with Crippen LogP contribution in [-0.4, -0.2) is 18.8 Å². The second-order valence-corrected chi connectivity index (χ2v) is 3.52. The molecule has 0 aliphatic heterocycles. The fourth-order valence-electron chi connectivity index (χ4n) is 1.36. The number of aryl methyl sites for hydroxylation is 1. The number of carbonyl (C=O) groups excluding carboxylic acids is 1. The van der Waals surface area contributed by atoms with Crippen molar-refractivity contribution in [2.24, 2.45) is 0 Å². The van der Waals surface area contributed by atoms with Crippen LogP contribution in [0.15, 0.2) is 18.2 Å². The molecule has 1 aromatic rings. The van der Waals surface area contributed by atoms with Gasteiger partial charge < -0.3 is 10.1 Å². The summed E-state index contributed by atoms with van der Waals surface area (Å²) >= 11 is 0. The summed E-state index contributed by atoms with van der Waals surface area (Å²) in [7, 11) is 1.38. The van der Waals surface area contributed by atoms with E-state index in [0.29, 0.717) is 12.1 Å². The van der Waals surface area contributed by atoms with Crippen molar-refractivity contribution in [1.29, 1.82) is 5.41 Å². The van der Waals surface area contributed by atoms with E-state index >= 15 is 0 Å². The number of esters is 1. The van der Waals surface area contributed by atoms with E-state index in [1.807, 2.05) is 25.1 Å². The zero-order valence-corrected chi connectivity index (χ0v) is 9.26. The SMILES string of the molecule is COC(=O)Cc1ccc(C(C)=N)cc1C.